The molecule has 5 heteroatoms. The van der Waals surface area contributed by atoms with E-state index in [1.165, 1.54) is 6.07 Å². The fraction of sp³-hybridized carbons (Fsp3) is 0.500. The van der Waals surface area contributed by atoms with Gasteiger partial charge in [0.1, 0.15) is 11.6 Å². The van der Waals surface area contributed by atoms with Gasteiger partial charge < -0.3 is 10.1 Å². The van der Waals surface area contributed by atoms with Crippen LogP contribution in [0, 0.1) is 11.7 Å². The minimum absolute atomic E-state index is 0.0739. The molecule has 0 bridgehead atoms. The van der Waals surface area contributed by atoms with Crippen molar-refractivity contribution in [2.24, 2.45) is 5.92 Å². The molecule has 0 radical (unpaired) electrons. The summed E-state index contributed by atoms with van der Waals surface area (Å²) in [6.07, 6.45) is 0.230. The summed E-state index contributed by atoms with van der Waals surface area (Å²) in [4.78, 5) is 12.3. The van der Waals surface area contributed by atoms with Crippen molar-refractivity contribution in [2.75, 3.05) is 19.8 Å². The summed E-state index contributed by atoms with van der Waals surface area (Å²) in [6, 6.07) is 4.83. The van der Waals surface area contributed by atoms with Crippen LogP contribution in [0.3, 0.4) is 0 Å². The molecule has 19 heavy (non-hydrogen) atoms. The zero-order valence-corrected chi connectivity index (χ0v) is 12.4. The van der Waals surface area contributed by atoms with Gasteiger partial charge in [-0.3, -0.25) is 4.79 Å². The molecule has 1 heterocycles. The Labute approximate surface area is 120 Å². The number of rotatable bonds is 5. The Morgan fingerprint density at radius 1 is 1.53 bits per heavy atom. The van der Waals surface area contributed by atoms with Gasteiger partial charge in [-0.05, 0) is 34.1 Å². The normalized spacial score (nSPS) is 22.7. The molecule has 2 unspecified atom stereocenters. The highest BCUT2D eigenvalue weighted by atomic mass is 79.9. The summed E-state index contributed by atoms with van der Waals surface area (Å²) < 4.78 is 19.2. The van der Waals surface area contributed by atoms with E-state index in [-0.39, 0.29) is 30.0 Å². The summed E-state index contributed by atoms with van der Waals surface area (Å²) in [5.74, 6) is -0.388. The van der Waals surface area contributed by atoms with Crippen LogP contribution in [-0.4, -0.2) is 31.6 Å². The zero-order chi connectivity index (χ0) is 13.8. The Balaban J connectivity index is 2.06. The molecule has 1 aromatic carbocycles. The number of hydrogen-bond donors (Lipinski definition) is 1. The van der Waals surface area contributed by atoms with Crippen LogP contribution in [0.2, 0.25) is 0 Å². The first kappa shape index (κ1) is 14.6. The van der Waals surface area contributed by atoms with Gasteiger partial charge in [0.15, 0.2) is 0 Å². The predicted molar refractivity (Wildman–Crippen MR) is 74.6 cm³/mol. The maximum Gasteiger partial charge on any atom is 0.144 e. The van der Waals surface area contributed by atoms with Gasteiger partial charge in [-0.2, -0.15) is 0 Å². The number of nitrogens with one attached hydrogen (secondary N) is 1. The highest BCUT2D eigenvalue weighted by Gasteiger charge is 2.33. The van der Waals surface area contributed by atoms with E-state index >= 15 is 0 Å². The molecule has 0 aliphatic carbocycles. The van der Waals surface area contributed by atoms with Crippen molar-refractivity contribution in [1.29, 1.82) is 0 Å². The molecule has 0 saturated carbocycles. The van der Waals surface area contributed by atoms with E-state index in [1.54, 1.807) is 12.1 Å². The number of halogens is 2. The van der Waals surface area contributed by atoms with Crippen LogP contribution in [0.25, 0.3) is 0 Å². The van der Waals surface area contributed by atoms with Crippen molar-refractivity contribution in [3.05, 3.63) is 34.1 Å². The number of Topliss-reactive ketones (excluding diaryl/α,β-unsaturated/α-hetero) is 1. The molecule has 1 N–H and O–H groups in total. The second-order valence-electron chi connectivity index (χ2n) is 4.66. The molecule has 0 aromatic heterocycles. The molecular weight excluding hydrogens is 313 g/mol. The third-order valence-electron chi connectivity index (χ3n) is 3.36. The first-order chi connectivity index (χ1) is 9.13. The molecule has 104 valence electrons. The monoisotopic (exact) mass is 329 g/mol. The van der Waals surface area contributed by atoms with E-state index in [9.17, 15) is 9.18 Å². The van der Waals surface area contributed by atoms with Crippen LogP contribution in [0.5, 0.6) is 0 Å². The standard InChI is InChI=1S/C14H17BrFNO2/c1-2-17-12-8-19-7-10(12)13(18)6-9-4-3-5-11(16)14(9)15/h3-5,10,12,17H,2,6-8H2,1H3. The lowest BCUT2D eigenvalue weighted by Gasteiger charge is -2.17. The Morgan fingerprint density at radius 3 is 3.05 bits per heavy atom. The molecule has 1 aromatic rings. The van der Waals surface area contributed by atoms with Crippen LogP contribution in [0.4, 0.5) is 4.39 Å². The number of ether oxygens (including phenoxy) is 1. The molecule has 2 atom stereocenters. The van der Waals surface area contributed by atoms with E-state index in [0.29, 0.717) is 23.2 Å². The first-order valence-electron chi connectivity index (χ1n) is 6.40. The smallest absolute Gasteiger partial charge is 0.144 e. The Hall–Kier alpha value is -0.780. The second kappa shape index (κ2) is 6.59. The van der Waals surface area contributed by atoms with Crippen LogP contribution < -0.4 is 5.32 Å². The van der Waals surface area contributed by atoms with E-state index in [2.05, 4.69) is 21.2 Å². The summed E-state index contributed by atoms with van der Waals surface area (Å²) >= 11 is 3.19. The van der Waals surface area contributed by atoms with Crippen LogP contribution in [0.1, 0.15) is 12.5 Å². The van der Waals surface area contributed by atoms with Crippen LogP contribution in [0.15, 0.2) is 22.7 Å². The molecule has 0 amide bonds. The summed E-state index contributed by atoms with van der Waals surface area (Å²) in [6.45, 7) is 3.82. The van der Waals surface area contributed by atoms with Gasteiger partial charge in [-0.15, -0.1) is 0 Å². The molecule has 1 fully saturated rings. The largest absolute Gasteiger partial charge is 0.379 e. The Morgan fingerprint density at radius 2 is 2.32 bits per heavy atom. The number of hydrogen-bond acceptors (Lipinski definition) is 3. The Bertz CT molecular complexity index is 467. The summed E-state index contributed by atoms with van der Waals surface area (Å²) in [5.41, 5.74) is 0.687. The lowest BCUT2D eigenvalue weighted by molar-refractivity contribution is -0.122. The van der Waals surface area contributed by atoms with Crippen molar-refractivity contribution >= 4 is 21.7 Å². The number of ketones is 1. The van der Waals surface area contributed by atoms with E-state index in [4.69, 9.17) is 4.74 Å². The molecule has 3 nitrogen and oxygen atoms in total. The highest BCUT2D eigenvalue weighted by Crippen LogP contribution is 2.23. The van der Waals surface area contributed by atoms with Crippen molar-refractivity contribution < 1.29 is 13.9 Å². The van der Waals surface area contributed by atoms with Gasteiger partial charge in [0.2, 0.25) is 0 Å². The van der Waals surface area contributed by atoms with Gasteiger partial charge in [-0.1, -0.05) is 19.1 Å². The fourth-order valence-electron chi connectivity index (χ4n) is 2.34. The van der Waals surface area contributed by atoms with Gasteiger partial charge >= 0.3 is 0 Å². The Kier molecular flexibility index (Phi) is 5.07. The van der Waals surface area contributed by atoms with E-state index in [0.717, 1.165) is 6.54 Å². The van der Waals surface area contributed by atoms with Gasteiger partial charge in [0.25, 0.3) is 0 Å². The average Bonchev–Trinajstić information content (AvgIpc) is 2.84. The van der Waals surface area contributed by atoms with Crippen molar-refractivity contribution in [1.82, 2.24) is 5.32 Å². The van der Waals surface area contributed by atoms with E-state index < -0.39 is 0 Å². The molecule has 1 aliphatic heterocycles. The minimum Gasteiger partial charge on any atom is -0.379 e. The number of carbonyl (C=O) groups is 1. The van der Waals surface area contributed by atoms with Crippen LogP contribution >= 0.6 is 15.9 Å². The average molecular weight is 330 g/mol. The topological polar surface area (TPSA) is 38.3 Å². The molecule has 2 rings (SSSR count). The van der Waals surface area contributed by atoms with Crippen molar-refractivity contribution in [3.8, 4) is 0 Å². The summed E-state index contributed by atoms with van der Waals surface area (Å²) in [5, 5.41) is 3.26. The number of likely N-dealkylation sites (N-methyl/N-ethyl adjacent to an activating group) is 1. The fourth-order valence-corrected chi connectivity index (χ4v) is 2.74. The number of benzene rings is 1. The van der Waals surface area contributed by atoms with Gasteiger partial charge in [0.05, 0.1) is 23.6 Å². The maximum absolute atomic E-state index is 13.4. The first-order valence-corrected chi connectivity index (χ1v) is 7.19. The summed E-state index contributed by atoms with van der Waals surface area (Å²) in [7, 11) is 0. The minimum atomic E-state index is -0.337. The maximum atomic E-state index is 13.4. The molecule has 1 aliphatic rings. The predicted octanol–water partition coefficient (Wildman–Crippen LogP) is 2.32. The molecule has 0 spiro atoms. The molecular formula is C14H17BrFNO2. The van der Waals surface area contributed by atoms with Crippen molar-refractivity contribution in [2.45, 2.75) is 19.4 Å². The molecule has 1 saturated heterocycles. The van der Waals surface area contributed by atoms with Gasteiger partial charge in [0, 0.05) is 12.5 Å². The van der Waals surface area contributed by atoms with Crippen molar-refractivity contribution in [3.63, 3.8) is 0 Å². The van der Waals surface area contributed by atoms with Crippen LogP contribution in [-0.2, 0) is 16.0 Å². The lowest BCUT2D eigenvalue weighted by atomic mass is 9.93. The lowest BCUT2D eigenvalue weighted by Crippen LogP contribution is -2.39. The number of carbonyl (C=O) groups excluding carboxylic acids is 1. The quantitative estimate of drug-likeness (QED) is 0.901. The van der Waals surface area contributed by atoms with Gasteiger partial charge in [-0.25, -0.2) is 4.39 Å². The third kappa shape index (κ3) is 3.41. The zero-order valence-electron chi connectivity index (χ0n) is 10.8. The SMILES string of the molecule is CCNC1COCC1C(=O)Cc1cccc(F)c1Br. The highest BCUT2D eigenvalue weighted by molar-refractivity contribution is 9.10. The van der Waals surface area contributed by atoms with E-state index in [1.807, 2.05) is 6.92 Å². The second-order valence-corrected chi connectivity index (χ2v) is 5.46. The third-order valence-corrected chi connectivity index (χ3v) is 4.24.